The van der Waals surface area contributed by atoms with Gasteiger partial charge >= 0.3 is 0 Å². The number of hydrogen-bond acceptors (Lipinski definition) is 2. The Balaban J connectivity index is 2.45. The lowest BCUT2D eigenvalue weighted by Gasteiger charge is -2.15. The molecule has 1 unspecified atom stereocenters. The van der Waals surface area contributed by atoms with Gasteiger partial charge in [0, 0.05) is 19.6 Å². The van der Waals surface area contributed by atoms with Gasteiger partial charge in [0.15, 0.2) is 0 Å². The number of hydrogen-bond donors (Lipinski definition) is 1. The molecule has 0 aliphatic carbocycles. The predicted octanol–water partition coefficient (Wildman–Crippen LogP) is -0.0111. The molecular formula is C6H13FN2. The molecule has 1 saturated heterocycles. The highest BCUT2D eigenvalue weighted by Gasteiger charge is 2.34. The average molecular weight is 132 g/mol. The van der Waals surface area contributed by atoms with E-state index in [1.807, 2.05) is 11.9 Å². The zero-order valence-electron chi connectivity index (χ0n) is 5.73. The monoisotopic (exact) mass is 132 g/mol. The largest absolute Gasteiger partial charge is 0.327 e. The Kier molecular flexibility index (Phi) is 1.73. The van der Waals surface area contributed by atoms with E-state index >= 15 is 0 Å². The van der Waals surface area contributed by atoms with Gasteiger partial charge < -0.3 is 10.6 Å². The molecule has 0 amide bonds. The third-order valence-corrected chi connectivity index (χ3v) is 1.86. The first-order valence-electron chi connectivity index (χ1n) is 3.24. The standard InChI is InChI=1S/C6H13FN2/c1-9-3-2-6(7,4-8)5-9/h2-5,8H2,1H3. The van der Waals surface area contributed by atoms with Gasteiger partial charge in [-0.25, -0.2) is 4.39 Å². The molecule has 2 nitrogen and oxygen atoms in total. The van der Waals surface area contributed by atoms with E-state index in [0.29, 0.717) is 13.0 Å². The molecule has 1 rings (SSSR count). The fraction of sp³-hybridized carbons (Fsp3) is 1.00. The van der Waals surface area contributed by atoms with Crippen molar-refractivity contribution in [2.24, 2.45) is 5.73 Å². The molecule has 0 spiro atoms. The van der Waals surface area contributed by atoms with Crippen LogP contribution in [0.15, 0.2) is 0 Å². The van der Waals surface area contributed by atoms with Crippen LogP contribution in [0.4, 0.5) is 4.39 Å². The van der Waals surface area contributed by atoms with Crippen LogP contribution in [-0.2, 0) is 0 Å². The van der Waals surface area contributed by atoms with Crippen LogP contribution < -0.4 is 5.73 Å². The van der Waals surface area contributed by atoms with Crippen molar-refractivity contribution < 1.29 is 4.39 Å². The maximum Gasteiger partial charge on any atom is 0.136 e. The van der Waals surface area contributed by atoms with Gasteiger partial charge in [-0.3, -0.25) is 0 Å². The fourth-order valence-electron chi connectivity index (χ4n) is 1.20. The molecule has 1 atom stereocenters. The van der Waals surface area contributed by atoms with Gasteiger partial charge in [0.05, 0.1) is 0 Å². The molecule has 1 aliphatic heterocycles. The smallest absolute Gasteiger partial charge is 0.136 e. The molecular weight excluding hydrogens is 119 g/mol. The lowest BCUT2D eigenvalue weighted by molar-refractivity contribution is 0.183. The molecule has 2 N–H and O–H groups in total. The van der Waals surface area contributed by atoms with E-state index in [1.54, 1.807) is 0 Å². The molecule has 3 heteroatoms. The van der Waals surface area contributed by atoms with E-state index in [-0.39, 0.29) is 6.54 Å². The van der Waals surface area contributed by atoms with Crippen LogP contribution in [-0.4, -0.2) is 37.3 Å². The van der Waals surface area contributed by atoms with Gasteiger partial charge in [-0.1, -0.05) is 0 Å². The summed E-state index contributed by atoms with van der Waals surface area (Å²) in [5.74, 6) is 0. The maximum absolute atomic E-state index is 13.1. The van der Waals surface area contributed by atoms with E-state index in [9.17, 15) is 4.39 Å². The summed E-state index contributed by atoms with van der Waals surface area (Å²) >= 11 is 0. The molecule has 0 aromatic carbocycles. The number of nitrogens with zero attached hydrogens (tertiary/aromatic N) is 1. The molecule has 0 saturated carbocycles. The van der Waals surface area contributed by atoms with Gasteiger partial charge in [-0.15, -0.1) is 0 Å². The van der Waals surface area contributed by atoms with Crippen LogP contribution in [0.1, 0.15) is 6.42 Å². The molecule has 0 radical (unpaired) electrons. The van der Waals surface area contributed by atoms with Crippen LogP contribution in [0.25, 0.3) is 0 Å². The second kappa shape index (κ2) is 2.23. The second-order valence-electron chi connectivity index (χ2n) is 2.84. The van der Waals surface area contributed by atoms with Crippen molar-refractivity contribution >= 4 is 0 Å². The number of rotatable bonds is 1. The molecule has 1 fully saturated rings. The van der Waals surface area contributed by atoms with Gasteiger partial charge in [-0.2, -0.15) is 0 Å². The fourth-order valence-corrected chi connectivity index (χ4v) is 1.20. The number of likely N-dealkylation sites (tertiary alicyclic amines) is 1. The van der Waals surface area contributed by atoms with E-state index < -0.39 is 5.67 Å². The van der Waals surface area contributed by atoms with E-state index in [1.165, 1.54) is 0 Å². The maximum atomic E-state index is 13.1. The number of halogens is 1. The quantitative estimate of drug-likeness (QED) is 0.543. The Labute approximate surface area is 54.8 Å². The minimum Gasteiger partial charge on any atom is -0.327 e. The Morgan fingerprint density at radius 3 is 2.67 bits per heavy atom. The van der Waals surface area contributed by atoms with Crippen LogP contribution in [0.2, 0.25) is 0 Å². The molecule has 54 valence electrons. The molecule has 1 aliphatic rings. The second-order valence-corrected chi connectivity index (χ2v) is 2.84. The highest BCUT2D eigenvalue weighted by atomic mass is 19.1. The summed E-state index contributed by atoms with van der Waals surface area (Å²) in [5, 5.41) is 0. The Hall–Kier alpha value is -0.150. The average Bonchev–Trinajstić information content (AvgIpc) is 2.13. The zero-order chi connectivity index (χ0) is 6.91. The van der Waals surface area contributed by atoms with Crippen LogP contribution in [0, 0.1) is 0 Å². The van der Waals surface area contributed by atoms with Crippen LogP contribution in [0.3, 0.4) is 0 Å². The summed E-state index contributed by atoms with van der Waals surface area (Å²) in [7, 11) is 1.91. The molecule has 0 aromatic rings. The van der Waals surface area contributed by atoms with Gasteiger partial charge in [0.25, 0.3) is 0 Å². The summed E-state index contributed by atoms with van der Waals surface area (Å²) in [5.41, 5.74) is 4.14. The van der Waals surface area contributed by atoms with Crippen molar-refractivity contribution in [3.63, 3.8) is 0 Å². The van der Waals surface area contributed by atoms with Crippen molar-refractivity contribution in [1.29, 1.82) is 0 Å². The molecule has 0 aromatic heterocycles. The first kappa shape index (κ1) is 6.96. The summed E-state index contributed by atoms with van der Waals surface area (Å²) in [6.45, 7) is 1.51. The van der Waals surface area contributed by atoms with E-state index in [4.69, 9.17) is 5.73 Å². The third kappa shape index (κ3) is 1.40. The topological polar surface area (TPSA) is 29.3 Å². The molecule has 1 heterocycles. The van der Waals surface area contributed by atoms with Crippen LogP contribution in [0.5, 0.6) is 0 Å². The first-order valence-corrected chi connectivity index (χ1v) is 3.24. The Morgan fingerprint density at radius 2 is 2.44 bits per heavy atom. The third-order valence-electron chi connectivity index (χ3n) is 1.86. The lowest BCUT2D eigenvalue weighted by Crippen LogP contribution is -2.35. The first-order chi connectivity index (χ1) is 4.16. The summed E-state index contributed by atoms with van der Waals surface area (Å²) in [6, 6.07) is 0. The van der Waals surface area contributed by atoms with Gasteiger partial charge in [0.2, 0.25) is 0 Å². The van der Waals surface area contributed by atoms with Crippen molar-refractivity contribution in [2.75, 3.05) is 26.7 Å². The normalized spacial score (nSPS) is 37.7. The van der Waals surface area contributed by atoms with E-state index in [2.05, 4.69) is 0 Å². The van der Waals surface area contributed by atoms with Gasteiger partial charge in [-0.05, 0) is 13.5 Å². The highest BCUT2D eigenvalue weighted by molar-refractivity contribution is 4.89. The lowest BCUT2D eigenvalue weighted by atomic mass is 10.1. The van der Waals surface area contributed by atoms with Crippen molar-refractivity contribution in [3.8, 4) is 0 Å². The molecule has 0 bridgehead atoms. The summed E-state index contributed by atoms with van der Waals surface area (Å²) < 4.78 is 13.1. The Bertz CT molecular complexity index is 107. The van der Waals surface area contributed by atoms with E-state index in [0.717, 1.165) is 6.54 Å². The highest BCUT2D eigenvalue weighted by Crippen LogP contribution is 2.22. The van der Waals surface area contributed by atoms with Crippen molar-refractivity contribution in [2.45, 2.75) is 12.1 Å². The van der Waals surface area contributed by atoms with Gasteiger partial charge in [0.1, 0.15) is 5.67 Å². The zero-order valence-corrected chi connectivity index (χ0v) is 5.73. The number of nitrogens with two attached hydrogens (primary N) is 1. The van der Waals surface area contributed by atoms with Crippen molar-refractivity contribution in [1.82, 2.24) is 4.90 Å². The summed E-state index contributed by atoms with van der Waals surface area (Å²) in [4.78, 5) is 1.97. The molecule has 9 heavy (non-hydrogen) atoms. The SMILES string of the molecule is CN1CCC(F)(CN)C1. The van der Waals surface area contributed by atoms with Crippen LogP contribution >= 0.6 is 0 Å². The van der Waals surface area contributed by atoms with Crippen molar-refractivity contribution in [3.05, 3.63) is 0 Å². The summed E-state index contributed by atoms with van der Waals surface area (Å²) in [6.07, 6.45) is 0.597. The Morgan fingerprint density at radius 1 is 1.78 bits per heavy atom. The predicted molar refractivity (Wildman–Crippen MR) is 35.0 cm³/mol. The number of alkyl halides is 1. The minimum absolute atomic E-state index is 0.164. The minimum atomic E-state index is -1.09.